The minimum absolute atomic E-state index is 0.121. The van der Waals surface area contributed by atoms with Gasteiger partial charge in [0, 0.05) is 30.1 Å². The van der Waals surface area contributed by atoms with Crippen LogP contribution in [0.5, 0.6) is 11.5 Å². The maximum Gasteiger partial charge on any atom is 0.222 e. The normalized spacial score (nSPS) is 18.3. The van der Waals surface area contributed by atoms with E-state index in [4.69, 9.17) is 14.5 Å². The predicted octanol–water partition coefficient (Wildman–Crippen LogP) is 3.86. The monoisotopic (exact) mass is 396 g/mol. The SMILES string of the molecule is CSc1cc2c(c(-c3c[nH]c4cnc(NC(C)=O)cc34)n1)OCC(C1CC1)O2. The molecule has 7 nitrogen and oxygen atoms in total. The highest BCUT2D eigenvalue weighted by molar-refractivity contribution is 7.98. The molecule has 0 aromatic carbocycles. The van der Waals surface area contributed by atoms with Gasteiger partial charge in [-0.15, -0.1) is 11.8 Å². The zero-order chi connectivity index (χ0) is 19.3. The number of carbonyl (C=O) groups excluding carboxylic acids is 1. The third-order valence-corrected chi connectivity index (χ3v) is 5.70. The number of amides is 1. The molecule has 0 bridgehead atoms. The third-order valence-electron chi connectivity index (χ3n) is 5.07. The molecule has 0 radical (unpaired) electrons. The molecule has 2 N–H and O–H groups in total. The van der Waals surface area contributed by atoms with Crippen LogP contribution < -0.4 is 14.8 Å². The van der Waals surface area contributed by atoms with Crippen molar-refractivity contribution in [2.45, 2.75) is 30.9 Å². The van der Waals surface area contributed by atoms with Gasteiger partial charge < -0.3 is 19.8 Å². The standard InChI is InChI=1S/C20H20N4O3S/c1-10(25)23-17-5-12-13(7-21-14(12)8-22-17)19-20-15(6-18(24-19)28-2)27-16(9-26-20)11-3-4-11/h5-8,11,16,21H,3-4,9H2,1-2H3,(H,22,23,25). The number of thioether (sulfide) groups is 1. The molecular formula is C20H20N4O3S. The number of aromatic nitrogens is 3. The molecule has 1 atom stereocenters. The molecule has 4 heterocycles. The summed E-state index contributed by atoms with van der Waals surface area (Å²) in [5.41, 5.74) is 2.49. The van der Waals surface area contributed by atoms with E-state index in [1.807, 2.05) is 24.6 Å². The Morgan fingerprint density at radius 1 is 1.36 bits per heavy atom. The van der Waals surface area contributed by atoms with E-state index < -0.39 is 0 Å². The van der Waals surface area contributed by atoms with Crippen LogP contribution in [0.3, 0.4) is 0 Å². The van der Waals surface area contributed by atoms with Gasteiger partial charge in [-0.25, -0.2) is 9.97 Å². The number of ether oxygens (including phenoxy) is 2. The van der Waals surface area contributed by atoms with Gasteiger partial charge in [0.05, 0.1) is 11.7 Å². The molecule has 1 unspecified atom stereocenters. The van der Waals surface area contributed by atoms with Crippen LogP contribution in [0.2, 0.25) is 0 Å². The van der Waals surface area contributed by atoms with Crippen LogP contribution in [0, 0.1) is 5.92 Å². The lowest BCUT2D eigenvalue weighted by Gasteiger charge is -2.28. The van der Waals surface area contributed by atoms with Crippen LogP contribution >= 0.6 is 11.8 Å². The maximum absolute atomic E-state index is 11.4. The molecule has 1 aliphatic heterocycles. The summed E-state index contributed by atoms with van der Waals surface area (Å²) in [6.45, 7) is 2.01. The van der Waals surface area contributed by atoms with Crippen LogP contribution in [-0.4, -0.2) is 39.8 Å². The van der Waals surface area contributed by atoms with Crippen molar-refractivity contribution in [2.24, 2.45) is 5.92 Å². The molecular weight excluding hydrogens is 376 g/mol. The molecule has 3 aromatic rings. The molecule has 1 fully saturated rings. The predicted molar refractivity (Wildman–Crippen MR) is 108 cm³/mol. The number of anilines is 1. The Labute approximate surface area is 166 Å². The molecule has 1 amide bonds. The molecule has 5 rings (SSSR count). The molecule has 0 spiro atoms. The van der Waals surface area contributed by atoms with E-state index >= 15 is 0 Å². The Hall–Kier alpha value is -2.74. The first kappa shape index (κ1) is 17.4. The molecule has 144 valence electrons. The number of pyridine rings is 2. The Balaban J connectivity index is 1.62. The summed E-state index contributed by atoms with van der Waals surface area (Å²) in [7, 11) is 0. The van der Waals surface area contributed by atoms with Crippen molar-refractivity contribution < 1.29 is 14.3 Å². The first-order chi connectivity index (χ1) is 13.6. The fourth-order valence-electron chi connectivity index (χ4n) is 3.53. The molecule has 0 saturated heterocycles. The van der Waals surface area contributed by atoms with Crippen LogP contribution in [0.1, 0.15) is 19.8 Å². The topological polar surface area (TPSA) is 89.1 Å². The molecule has 28 heavy (non-hydrogen) atoms. The Morgan fingerprint density at radius 2 is 2.21 bits per heavy atom. The summed E-state index contributed by atoms with van der Waals surface area (Å²) < 4.78 is 12.4. The summed E-state index contributed by atoms with van der Waals surface area (Å²) in [5.74, 6) is 2.37. The smallest absolute Gasteiger partial charge is 0.222 e. The number of fused-ring (bicyclic) bond motifs is 2. The fourth-order valence-corrected chi connectivity index (χ4v) is 3.94. The maximum atomic E-state index is 11.4. The van der Waals surface area contributed by atoms with Crippen LogP contribution in [0.4, 0.5) is 5.82 Å². The first-order valence-corrected chi connectivity index (χ1v) is 10.5. The Morgan fingerprint density at radius 3 is 2.96 bits per heavy atom. The van der Waals surface area contributed by atoms with Crippen molar-refractivity contribution in [3.8, 4) is 22.8 Å². The lowest BCUT2D eigenvalue weighted by molar-refractivity contribution is -0.114. The summed E-state index contributed by atoms with van der Waals surface area (Å²) in [6, 6.07) is 3.80. The van der Waals surface area contributed by atoms with E-state index in [0.29, 0.717) is 24.1 Å². The van der Waals surface area contributed by atoms with E-state index in [-0.39, 0.29) is 12.0 Å². The summed E-state index contributed by atoms with van der Waals surface area (Å²) in [4.78, 5) is 23.7. The Kier molecular flexibility index (Phi) is 4.16. The minimum atomic E-state index is -0.160. The van der Waals surface area contributed by atoms with E-state index in [0.717, 1.165) is 32.9 Å². The van der Waals surface area contributed by atoms with E-state index in [2.05, 4.69) is 15.3 Å². The largest absolute Gasteiger partial charge is 0.484 e. The van der Waals surface area contributed by atoms with Crippen LogP contribution in [-0.2, 0) is 4.79 Å². The van der Waals surface area contributed by atoms with Gasteiger partial charge in [-0.3, -0.25) is 4.79 Å². The van der Waals surface area contributed by atoms with Gasteiger partial charge in [-0.2, -0.15) is 0 Å². The van der Waals surface area contributed by atoms with Gasteiger partial charge in [0.15, 0.2) is 11.5 Å². The highest BCUT2D eigenvalue weighted by atomic mass is 32.2. The van der Waals surface area contributed by atoms with E-state index in [1.165, 1.54) is 19.8 Å². The average Bonchev–Trinajstić information content (AvgIpc) is 3.46. The van der Waals surface area contributed by atoms with Gasteiger partial charge >= 0.3 is 0 Å². The van der Waals surface area contributed by atoms with E-state index in [1.54, 1.807) is 18.0 Å². The molecule has 2 aliphatic rings. The number of H-pyrrole nitrogens is 1. The lowest BCUT2D eigenvalue weighted by atomic mass is 10.1. The highest BCUT2D eigenvalue weighted by Gasteiger charge is 2.37. The first-order valence-electron chi connectivity index (χ1n) is 9.26. The van der Waals surface area contributed by atoms with Crippen LogP contribution in [0.15, 0.2) is 29.6 Å². The Bertz CT molecular complexity index is 1080. The van der Waals surface area contributed by atoms with Crippen molar-refractivity contribution in [3.63, 3.8) is 0 Å². The highest BCUT2D eigenvalue weighted by Crippen LogP contribution is 2.46. The average molecular weight is 396 g/mol. The summed E-state index contributed by atoms with van der Waals surface area (Å²) >= 11 is 1.57. The van der Waals surface area contributed by atoms with Crippen molar-refractivity contribution in [2.75, 3.05) is 18.2 Å². The number of aromatic amines is 1. The van der Waals surface area contributed by atoms with E-state index in [9.17, 15) is 4.79 Å². The molecule has 1 saturated carbocycles. The van der Waals surface area contributed by atoms with Crippen LogP contribution in [0.25, 0.3) is 22.2 Å². The second-order valence-corrected chi connectivity index (χ2v) is 7.97. The van der Waals surface area contributed by atoms with Gasteiger partial charge in [-0.05, 0) is 31.1 Å². The number of carbonyl (C=O) groups is 1. The van der Waals surface area contributed by atoms with Crippen molar-refractivity contribution in [1.82, 2.24) is 15.0 Å². The van der Waals surface area contributed by atoms with Gasteiger partial charge in [0.1, 0.15) is 29.2 Å². The number of nitrogens with one attached hydrogen (secondary N) is 2. The van der Waals surface area contributed by atoms with Gasteiger partial charge in [0.25, 0.3) is 0 Å². The third kappa shape index (κ3) is 3.07. The zero-order valence-electron chi connectivity index (χ0n) is 15.6. The quantitative estimate of drug-likeness (QED) is 0.651. The van der Waals surface area contributed by atoms with Crippen molar-refractivity contribution in [1.29, 1.82) is 0 Å². The number of hydrogen-bond donors (Lipinski definition) is 2. The number of nitrogens with zero attached hydrogens (tertiary/aromatic N) is 2. The summed E-state index contributed by atoms with van der Waals surface area (Å²) in [6.07, 6.45) is 8.13. The lowest BCUT2D eigenvalue weighted by Crippen LogP contribution is -2.31. The summed E-state index contributed by atoms with van der Waals surface area (Å²) in [5, 5.41) is 4.52. The molecule has 1 aliphatic carbocycles. The number of rotatable bonds is 4. The van der Waals surface area contributed by atoms with Crippen molar-refractivity contribution in [3.05, 3.63) is 24.5 Å². The second kappa shape index (κ2) is 6.70. The molecule has 8 heteroatoms. The van der Waals surface area contributed by atoms with Crippen molar-refractivity contribution >= 4 is 34.4 Å². The number of hydrogen-bond acceptors (Lipinski definition) is 6. The van der Waals surface area contributed by atoms with Gasteiger partial charge in [0.2, 0.25) is 5.91 Å². The zero-order valence-corrected chi connectivity index (χ0v) is 16.4. The molecule has 3 aromatic heterocycles. The second-order valence-electron chi connectivity index (χ2n) is 7.14. The fraction of sp³-hybridized carbons (Fsp3) is 0.350. The van der Waals surface area contributed by atoms with Gasteiger partial charge in [-0.1, -0.05) is 0 Å². The minimum Gasteiger partial charge on any atom is -0.484 e.